The first-order valence-electron chi connectivity index (χ1n) is 11.3. The molecule has 0 aliphatic carbocycles. The summed E-state index contributed by atoms with van der Waals surface area (Å²) in [5, 5.41) is 0. The van der Waals surface area contributed by atoms with E-state index in [-0.39, 0.29) is 46.6 Å². The Morgan fingerprint density at radius 2 is 1.85 bits per heavy atom. The number of esters is 1. The second-order valence-electron chi connectivity index (χ2n) is 8.61. The number of ether oxygens (including phenoxy) is 1. The Balaban J connectivity index is 1.40. The van der Waals surface area contributed by atoms with E-state index >= 15 is 0 Å². The predicted molar refractivity (Wildman–Crippen MR) is 124 cm³/mol. The van der Waals surface area contributed by atoms with Gasteiger partial charge in [-0.3, -0.25) is 14.4 Å². The molecule has 2 fully saturated rings. The van der Waals surface area contributed by atoms with Gasteiger partial charge in [-0.1, -0.05) is 11.3 Å². The van der Waals surface area contributed by atoms with Crippen LogP contribution in [-0.2, 0) is 31.4 Å². The molecular weight excluding hydrogens is 466 g/mol. The highest BCUT2D eigenvalue weighted by Gasteiger charge is 2.36. The molecule has 2 saturated heterocycles. The highest BCUT2D eigenvalue weighted by atomic mass is 32.2. The highest BCUT2D eigenvalue weighted by Crippen LogP contribution is 2.29. The number of nitrogens with zero attached hydrogens (tertiary/aromatic N) is 3. The van der Waals surface area contributed by atoms with E-state index < -0.39 is 10.0 Å². The zero-order valence-electron chi connectivity index (χ0n) is 18.9. The summed E-state index contributed by atoms with van der Waals surface area (Å²) in [7, 11) is -2.05. The van der Waals surface area contributed by atoms with Crippen molar-refractivity contribution in [1.82, 2.24) is 13.8 Å². The molecule has 11 heteroatoms. The minimum absolute atomic E-state index is 0.00322. The van der Waals surface area contributed by atoms with Gasteiger partial charge < -0.3 is 14.2 Å². The third kappa shape index (κ3) is 4.71. The Bertz CT molecular complexity index is 1210. The molecule has 1 aromatic carbocycles. The Morgan fingerprint density at radius 1 is 1.12 bits per heavy atom. The van der Waals surface area contributed by atoms with Crippen LogP contribution in [0.4, 0.5) is 0 Å². The monoisotopic (exact) mass is 495 g/mol. The summed E-state index contributed by atoms with van der Waals surface area (Å²) in [5.41, 5.74) is 0.705. The molecule has 3 heterocycles. The lowest BCUT2D eigenvalue weighted by Gasteiger charge is -2.36. The molecule has 0 bridgehead atoms. The fourth-order valence-corrected chi connectivity index (χ4v) is 7.14. The van der Waals surface area contributed by atoms with E-state index in [2.05, 4.69) is 0 Å². The normalized spacial score (nSPS) is 20.8. The van der Waals surface area contributed by atoms with Gasteiger partial charge in [-0.15, -0.1) is 0 Å². The Morgan fingerprint density at radius 3 is 2.55 bits per heavy atom. The van der Waals surface area contributed by atoms with Crippen LogP contribution in [0, 0.1) is 11.8 Å². The van der Waals surface area contributed by atoms with Crippen molar-refractivity contribution in [1.29, 1.82) is 0 Å². The molecule has 1 atom stereocenters. The van der Waals surface area contributed by atoms with E-state index in [0.29, 0.717) is 42.8 Å². The minimum Gasteiger partial charge on any atom is -0.466 e. The van der Waals surface area contributed by atoms with Crippen LogP contribution in [0.25, 0.3) is 10.2 Å². The van der Waals surface area contributed by atoms with Crippen LogP contribution in [0.1, 0.15) is 32.6 Å². The van der Waals surface area contributed by atoms with Crippen LogP contribution in [0.5, 0.6) is 0 Å². The standard InChI is InChI=1S/C22H29N3O6S2/c1-3-31-21(27)16-5-4-10-24(14-16)20(26)15-8-11-25(12-9-15)33(29,30)17-6-7-18-19(13-17)32-22(28)23(18)2/h6-7,13,15-16H,3-5,8-12,14H2,1-2H3/t16-/m0/s1. The van der Waals surface area contributed by atoms with Crippen molar-refractivity contribution < 1.29 is 22.7 Å². The van der Waals surface area contributed by atoms with Crippen molar-refractivity contribution in [2.45, 2.75) is 37.5 Å². The predicted octanol–water partition coefficient (Wildman–Crippen LogP) is 1.80. The summed E-state index contributed by atoms with van der Waals surface area (Å²) in [6.07, 6.45) is 2.37. The van der Waals surface area contributed by atoms with Crippen LogP contribution < -0.4 is 4.87 Å². The maximum atomic E-state index is 13.2. The second kappa shape index (κ2) is 9.55. The van der Waals surface area contributed by atoms with Crippen LogP contribution in [0.3, 0.4) is 0 Å². The molecule has 0 radical (unpaired) electrons. The summed E-state index contributed by atoms with van der Waals surface area (Å²) in [6, 6.07) is 4.74. The quantitative estimate of drug-likeness (QED) is 0.586. The lowest BCUT2D eigenvalue weighted by atomic mass is 9.93. The molecule has 0 N–H and O–H groups in total. The fraction of sp³-hybridized carbons (Fsp3) is 0.591. The molecule has 0 unspecified atom stereocenters. The summed E-state index contributed by atoms with van der Waals surface area (Å²) in [5.74, 6) is -0.793. The second-order valence-corrected chi connectivity index (χ2v) is 11.5. The van der Waals surface area contributed by atoms with Gasteiger partial charge in [-0.2, -0.15) is 4.31 Å². The first-order chi connectivity index (χ1) is 15.7. The van der Waals surface area contributed by atoms with Crippen LogP contribution in [0.15, 0.2) is 27.9 Å². The number of carbonyl (C=O) groups excluding carboxylic acids is 2. The summed E-state index contributed by atoms with van der Waals surface area (Å²) >= 11 is 1.02. The third-order valence-electron chi connectivity index (χ3n) is 6.56. The number of likely N-dealkylation sites (tertiary alicyclic amines) is 1. The van der Waals surface area contributed by atoms with Gasteiger partial charge >= 0.3 is 10.8 Å². The first-order valence-corrected chi connectivity index (χ1v) is 13.5. The van der Waals surface area contributed by atoms with E-state index in [9.17, 15) is 22.8 Å². The molecule has 33 heavy (non-hydrogen) atoms. The van der Waals surface area contributed by atoms with E-state index in [1.165, 1.54) is 14.9 Å². The van der Waals surface area contributed by atoms with Gasteiger partial charge in [0.2, 0.25) is 15.9 Å². The zero-order chi connectivity index (χ0) is 23.8. The highest BCUT2D eigenvalue weighted by molar-refractivity contribution is 7.89. The zero-order valence-corrected chi connectivity index (χ0v) is 20.5. The van der Waals surface area contributed by atoms with Crippen molar-refractivity contribution in [3.63, 3.8) is 0 Å². The maximum absolute atomic E-state index is 13.2. The van der Waals surface area contributed by atoms with Crippen molar-refractivity contribution in [3.05, 3.63) is 27.9 Å². The average Bonchev–Trinajstić information content (AvgIpc) is 3.11. The number of fused-ring (bicyclic) bond motifs is 1. The topological polar surface area (TPSA) is 106 Å². The Kier molecular flexibility index (Phi) is 6.92. The van der Waals surface area contributed by atoms with E-state index in [4.69, 9.17) is 4.74 Å². The number of hydrogen-bond donors (Lipinski definition) is 0. The molecule has 180 valence electrons. The molecule has 1 aromatic heterocycles. The molecular formula is C22H29N3O6S2. The summed E-state index contributed by atoms with van der Waals surface area (Å²) < 4.78 is 35.0. The minimum atomic E-state index is -3.71. The fourth-order valence-electron chi connectivity index (χ4n) is 4.65. The van der Waals surface area contributed by atoms with E-state index in [1.807, 2.05) is 0 Å². The van der Waals surface area contributed by atoms with Gasteiger partial charge in [0, 0.05) is 39.1 Å². The summed E-state index contributed by atoms with van der Waals surface area (Å²) in [6.45, 7) is 3.61. The molecule has 0 saturated carbocycles. The number of rotatable bonds is 5. The molecule has 2 aliphatic rings. The Hall–Kier alpha value is -2.24. The number of carbonyl (C=O) groups is 2. The lowest BCUT2D eigenvalue weighted by molar-refractivity contribution is -0.152. The van der Waals surface area contributed by atoms with Gasteiger partial charge in [0.1, 0.15) is 0 Å². The van der Waals surface area contributed by atoms with Crippen LogP contribution in [-0.4, -0.2) is 66.9 Å². The number of thiazole rings is 1. The SMILES string of the molecule is CCOC(=O)[C@H]1CCCN(C(=O)C2CCN(S(=O)(=O)c3ccc4c(c3)sc(=O)n4C)CC2)C1. The molecule has 9 nitrogen and oxygen atoms in total. The third-order valence-corrected chi connectivity index (χ3v) is 9.45. The first kappa shape index (κ1) is 23.9. The summed E-state index contributed by atoms with van der Waals surface area (Å²) in [4.78, 5) is 38.8. The van der Waals surface area contributed by atoms with E-state index in [1.54, 1.807) is 31.0 Å². The molecule has 2 aliphatic heterocycles. The van der Waals surface area contributed by atoms with Gasteiger partial charge in [0.05, 0.1) is 27.6 Å². The smallest absolute Gasteiger partial charge is 0.310 e. The van der Waals surface area contributed by atoms with Crippen molar-refractivity contribution in [3.8, 4) is 0 Å². The number of hydrogen-bond acceptors (Lipinski definition) is 7. The van der Waals surface area contributed by atoms with Gasteiger partial charge in [0.25, 0.3) is 0 Å². The van der Waals surface area contributed by atoms with Gasteiger partial charge in [0.15, 0.2) is 0 Å². The molecule has 1 amide bonds. The van der Waals surface area contributed by atoms with Crippen molar-refractivity contribution in [2.24, 2.45) is 18.9 Å². The average molecular weight is 496 g/mol. The van der Waals surface area contributed by atoms with Crippen LogP contribution in [0.2, 0.25) is 0 Å². The maximum Gasteiger partial charge on any atom is 0.310 e. The number of aryl methyl sites for hydroxylation is 1. The number of piperidine rings is 2. The number of aromatic nitrogens is 1. The van der Waals surface area contributed by atoms with Crippen molar-refractivity contribution >= 4 is 43.5 Å². The molecule has 4 rings (SSSR count). The molecule has 0 spiro atoms. The van der Waals surface area contributed by atoms with E-state index in [0.717, 1.165) is 24.2 Å². The molecule has 2 aromatic rings. The largest absolute Gasteiger partial charge is 0.466 e. The van der Waals surface area contributed by atoms with Crippen molar-refractivity contribution in [2.75, 3.05) is 32.8 Å². The lowest BCUT2D eigenvalue weighted by Crippen LogP contribution is -2.48. The number of benzene rings is 1. The number of sulfonamides is 1. The van der Waals surface area contributed by atoms with Gasteiger partial charge in [-0.25, -0.2) is 8.42 Å². The Labute approximate surface area is 197 Å². The number of amides is 1. The van der Waals surface area contributed by atoms with Crippen LogP contribution >= 0.6 is 11.3 Å². The van der Waals surface area contributed by atoms with Gasteiger partial charge in [-0.05, 0) is 50.8 Å².